The van der Waals surface area contributed by atoms with Crippen LogP contribution in [-0.4, -0.2) is 0 Å². The van der Waals surface area contributed by atoms with E-state index in [-0.39, 0.29) is 10.8 Å². The Hall–Kier alpha value is -4.20. The molecule has 6 aromatic rings. The molecule has 43 heavy (non-hydrogen) atoms. The highest BCUT2D eigenvalue weighted by Crippen LogP contribution is 2.37. The molecule has 5 aromatic carbocycles. The Balaban J connectivity index is 1.20. The van der Waals surface area contributed by atoms with E-state index < -0.39 is 0 Å². The topological polar surface area (TPSA) is 0 Å². The molecule has 6 rings (SSSR count). The van der Waals surface area contributed by atoms with Gasteiger partial charge in [-0.1, -0.05) is 156 Å². The second-order valence-electron chi connectivity index (χ2n) is 13.3. The van der Waals surface area contributed by atoms with Crippen molar-refractivity contribution >= 4 is 11.3 Å². The average Bonchev–Trinajstić information content (AvgIpc) is 3.52. The van der Waals surface area contributed by atoms with Crippen LogP contribution in [0.15, 0.2) is 140 Å². The summed E-state index contributed by atoms with van der Waals surface area (Å²) >= 11 is 1.86. The van der Waals surface area contributed by atoms with Gasteiger partial charge in [0.1, 0.15) is 0 Å². The summed E-state index contributed by atoms with van der Waals surface area (Å²) in [6, 6.07) is 51.3. The molecule has 214 valence electrons. The first-order valence-corrected chi connectivity index (χ1v) is 16.0. The van der Waals surface area contributed by atoms with Gasteiger partial charge >= 0.3 is 0 Å². The molecule has 0 aliphatic heterocycles. The number of rotatable bonds is 7. The predicted molar refractivity (Wildman–Crippen MR) is 188 cm³/mol. The van der Waals surface area contributed by atoms with Crippen LogP contribution in [0.1, 0.15) is 51.3 Å². The van der Waals surface area contributed by atoms with Crippen LogP contribution in [0.2, 0.25) is 0 Å². The van der Waals surface area contributed by atoms with Crippen LogP contribution in [0.4, 0.5) is 0 Å². The molecule has 0 fully saturated rings. The lowest BCUT2D eigenvalue weighted by molar-refractivity contribution is 0.522. The smallest absolute Gasteiger partial charge is 0.0349 e. The normalized spacial score (nSPS) is 11.9. The van der Waals surface area contributed by atoms with Gasteiger partial charge in [-0.2, -0.15) is 0 Å². The van der Waals surface area contributed by atoms with Gasteiger partial charge in [0.15, 0.2) is 0 Å². The van der Waals surface area contributed by atoms with Crippen molar-refractivity contribution < 1.29 is 0 Å². The van der Waals surface area contributed by atoms with Gasteiger partial charge < -0.3 is 0 Å². The van der Waals surface area contributed by atoms with E-state index in [4.69, 9.17) is 0 Å². The summed E-state index contributed by atoms with van der Waals surface area (Å²) in [6.07, 6.45) is 0.987. The molecule has 0 amide bonds. The van der Waals surface area contributed by atoms with Gasteiger partial charge in [-0.3, -0.25) is 0 Å². The second-order valence-corrected chi connectivity index (χ2v) is 14.4. The van der Waals surface area contributed by atoms with Crippen molar-refractivity contribution in [3.05, 3.63) is 156 Å². The maximum absolute atomic E-state index is 2.36. The lowest BCUT2D eigenvalue weighted by Crippen LogP contribution is -2.20. The number of benzene rings is 5. The molecular formula is C42H40S. The van der Waals surface area contributed by atoms with Gasteiger partial charge in [0.25, 0.3) is 0 Å². The van der Waals surface area contributed by atoms with Gasteiger partial charge in [0, 0.05) is 9.75 Å². The first-order chi connectivity index (χ1) is 20.7. The third-order valence-electron chi connectivity index (χ3n) is 8.45. The van der Waals surface area contributed by atoms with E-state index in [0.29, 0.717) is 0 Å². The summed E-state index contributed by atoms with van der Waals surface area (Å²) in [7, 11) is 0. The van der Waals surface area contributed by atoms with E-state index in [1.54, 1.807) is 0 Å². The number of hydrogen-bond donors (Lipinski definition) is 0. The van der Waals surface area contributed by atoms with Gasteiger partial charge in [0.05, 0.1) is 0 Å². The fourth-order valence-corrected chi connectivity index (χ4v) is 6.81. The first kappa shape index (κ1) is 28.9. The van der Waals surface area contributed by atoms with Crippen molar-refractivity contribution in [2.75, 3.05) is 0 Å². The highest BCUT2D eigenvalue weighted by Gasteiger charge is 2.22. The zero-order valence-electron chi connectivity index (χ0n) is 25.9. The summed E-state index contributed by atoms with van der Waals surface area (Å²) in [5.74, 6) is 0. The van der Waals surface area contributed by atoms with Crippen LogP contribution in [0, 0.1) is 0 Å². The van der Waals surface area contributed by atoms with E-state index in [0.717, 1.165) is 6.42 Å². The minimum absolute atomic E-state index is 0.0251. The van der Waals surface area contributed by atoms with E-state index in [1.807, 2.05) is 11.3 Å². The van der Waals surface area contributed by atoms with Crippen LogP contribution in [0.5, 0.6) is 0 Å². The number of hydrogen-bond acceptors (Lipinski definition) is 1. The summed E-state index contributed by atoms with van der Waals surface area (Å²) < 4.78 is 0. The van der Waals surface area contributed by atoms with E-state index >= 15 is 0 Å². The highest BCUT2D eigenvalue weighted by molar-refractivity contribution is 7.18. The third kappa shape index (κ3) is 6.58. The van der Waals surface area contributed by atoms with E-state index in [1.165, 1.54) is 59.8 Å². The van der Waals surface area contributed by atoms with Crippen LogP contribution in [0.25, 0.3) is 43.1 Å². The lowest BCUT2D eigenvalue weighted by Gasteiger charge is -2.26. The largest absolute Gasteiger partial charge is 0.135 e. The predicted octanol–water partition coefficient (Wildman–Crippen LogP) is 12.2. The Labute approximate surface area is 261 Å². The minimum atomic E-state index is 0.0251. The molecule has 0 aliphatic carbocycles. The van der Waals surface area contributed by atoms with Crippen molar-refractivity contribution in [1.82, 2.24) is 0 Å². The van der Waals surface area contributed by atoms with Gasteiger partial charge in [-0.05, 0) is 85.5 Å². The fourth-order valence-electron chi connectivity index (χ4n) is 5.79. The average molecular weight is 577 g/mol. The van der Waals surface area contributed by atoms with Crippen LogP contribution < -0.4 is 0 Å². The Kier molecular flexibility index (Phi) is 7.95. The molecule has 1 aromatic heterocycles. The third-order valence-corrected chi connectivity index (χ3v) is 9.64. The summed E-state index contributed by atoms with van der Waals surface area (Å²) in [4.78, 5) is 2.62. The SMILES string of the molecule is CC(C)(C)c1cc(-c2ccccc2)cc(-c2ccc(CC(C)(C)c3ccc(-c4ccc(-c5ccccc5)s4)cc3)cc2)c1. The van der Waals surface area contributed by atoms with Crippen molar-refractivity contribution in [2.45, 2.75) is 51.9 Å². The summed E-state index contributed by atoms with van der Waals surface area (Å²) in [6.45, 7) is 11.6. The van der Waals surface area contributed by atoms with E-state index in [9.17, 15) is 0 Å². The lowest BCUT2D eigenvalue weighted by atomic mass is 9.78. The van der Waals surface area contributed by atoms with Crippen molar-refractivity contribution in [2.24, 2.45) is 0 Å². The van der Waals surface area contributed by atoms with Crippen molar-refractivity contribution in [3.8, 4) is 43.1 Å². The van der Waals surface area contributed by atoms with E-state index in [2.05, 4.69) is 174 Å². The standard InChI is InChI=1S/C42H40S/c1-41(2,3)38-27-35(31-12-8-6-9-13-31)26-36(28-38)32-18-16-30(17-19-32)29-42(4,5)37-22-20-34(21-23-37)40-25-24-39(43-40)33-14-10-7-11-15-33/h6-28H,29H2,1-5H3. The zero-order valence-corrected chi connectivity index (χ0v) is 26.7. The molecule has 0 bridgehead atoms. The molecule has 0 unspecified atom stereocenters. The fraction of sp³-hybridized carbons (Fsp3) is 0.190. The highest BCUT2D eigenvalue weighted by atomic mass is 32.1. The maximum atomic E-state index is 2.36. The van der Waals surface area contributed by atoms with Crippen LogP contribution >= 0.6 is 11.3 Å². The molecule has 0 aliphatic rings. The van der Waals surface area contributed by atoms with Crippen LogP contribution in [-0.2, 0) is 17.3 Å². The quantitative estimate of drug-likeness (QED) is 0.177. The number of thiophene rings is 1. The Morgan fingerprint density at radius 1 is 0.419 bits per heavy atom. The molecule has 1 heterocycles. The second kappa shape index (κ2) is 11.8. The molecule has 0 nitrogen and oxygen atoms in total. The maximum Gasteiger partial charge on any atom is 0.0349 e. The molecule has 0 radical (unpaired) electrons. The zero-order chi connectivity index (χ0) is 30.0. The summed E-state index contributed by atoms with van der Waals surface area (Å²) in [5.41, 5.74) is 11.8. The molecule has 0 spiro atoms. The summed E-state index contributed by atoms with van der Waals surface area (Å²) in [5, 5.41) is 0. The molecule has 0 saturated carbocycles. The minimum Gasteiger partial charge on any atom is -0.135 e. The van der Waals surface area contributed by atoms with Crippen molar-refractivity contribution in [3.63, 3.8) is 0 Å². The van der Waals surface area contributed by atoms with Crippen molar-refractivity contribution in [1.29, 1.82) is 0 Å². The molecule has 1 heteroatoms. The molecule has 0 saturated heterocycles. The Bertz CT molecular complexity index is 1800. The Morgan fingerprint density at radius 2 is 0.884 bits per heavy atom. The monoisotopic (exact) mass is 576 g/mol. The molecular weight excluding hydrogens is 537 g/mol. The van der Waals surface area contributed by atoms with Gasteiger partial charge in [-0.25, -0.2) is 0 Å². The van der Waals surface area contributed by atoms with Crippen LogP contribution in [0.3, 0.4) is 0 Å². The van der Waals surface area contributed by atoms with Gasteiger partial charge in [0.2, 0.25) is 0 Å². The van der Waals surface area contributed by atoms with Gasteiger partial charge in [-0.15, -0.1) is 11.3 Å². The molecule has 0 N–H and O–H groups in total. The molecule has 0 atom stereocenters. The Morgan fingerprint density at radius 3 is 1.42 bits per heavy atom. The first-order valence-electron chi connectivity index (χ1n) is 15.2.